The van der Waals surface area contributed by atoms with Crippen molar-refractivity contribution in [2.75, 3.05) is 32.8 Å². The first-order chi connectivity index (χ1) is 14.6. The quantitative estimate of drug-likeness (QED) is 0.754. The lowest BCUT2D eigenvalue weighted by atomic mass is 10.1. The molecule has 3 amide bonds. The molecule has 4 rings (SSSR count). The van der Waals surface area contributed by atoms with Crippen molar-refractivity contribution in [1.82, 2.24) is 14.7 Å². The molecule has 2 aromatic carbocycles. The second-order valence-corrected chi connectivity index (χ2v) is 7.55. The Morgan fingerprint density at radius 3 is 2.37 bits per heavy atom. The molecule has 2 aliphatic heterocycles. The third-order valence-electron chi connectivity index (χ3n) is 5.58. The van der Waals surface area contributed by atoms with Crippen LogP contribution in [0.4, 0.5) is 0 Å². The number of carbonyl (C=O) groups excluding carboxylic acids is 3. The second-order valence-electron chi connectivity index (χ2n) is 7.55. The Kier molecular flexibility index (Phi) is 5.97. The molecule has 0 radical (unpaired) electrons. The minimum absolute atomic E-state index is 0.0479. The lowest BCUT2D eigenvalue weighted by Crippen LogP contribution is -2.59. The average molecular weight is 407 g/mol. The zero-order chi connectivity index (χ0) is 20.9. The number of rotatable bonds is 5. The van der Waals surface area contributed by atoms with E-state index in [9.17, 15) is 14.4 Å². The first-order valence-corrected chi connectivity index (χ1v) is 10.2. The predicted octanol–water partition coefficient (Wildman–Crippen LogP) is 1.54. The average Bonchev–Trinajstić information content (AvgIpc) is 3.01. The topological polar surface area (TPSA) is 70.2 Å². The fourth-order valence-electron chi connectivity index (χ4n) is 3.97. The summed E-state index contributed by atoms with van der Waals surface area (Å²) < 4.78 is 5.56. The van der Waals surface area contributed by atoms with Gasteiger partial charge in [0.2, 0.25) is 11.8 Å². The van der Waals surface area contributed by atoms with Crippen LogP contribution in [0.15, 0.2) is 60.7 Å². The van der Waals surface area contributed by atoms with Gasteiger partial charge in [0, 0.05) is 26.2 Å². The monoisotopic (exact) mass is 407 g/mol. The Morgan fingerprint density at radius 1 is 0.933 bits per heavy atom. The number of carbonyl (C=O) groups is 3. The van der Waals surface area contributed by atoms with E-state index in [0.717, 1.165) is 5.56 Å². The third-order valence-corrected chi connectivity index (χ3v) is 5.58. The van der Waals surface area contributed by atoms with Gasteiger partial charge in [0.15, 0.2) is 6.61 Å². The van der Waals surface area contributed by atoms with Crippen LogP contribution in [0.25, 0.3) is 0 Å². The van der Waals surface area contributed by atoms with E-state index in [1.165, 1.54) is 0 Å². The molecule has 0 N–H and O–H groups in total. The summed E-state index contributed by atoms with van der Waals surface area (Å²) >= 11 is 0. The molecule has 1 atom stereocenters. The molecule has 156 valence electrons. The van der Waals surface area contributed by atoms with Gasteiger partial charge >= 0.3 is 0 Å². The Morgan fingerprint density at radius 2 is 1.63 bits per heavy atom. The molecule has 0 aliphatic carbocycles. The van der Waals surface area contributed by atoms with Gasteiger partial charge < -0.3 is 19.4 Å². The van der Waals surface area contributed by atoms with Crippen LogP contribution in [-0.2, 0) is 20.9 Å². The van der Waals surface area contributed by atoms with Crippen molar-refractivity contribution in [2.45, 2.75) is 19.0 Å². The molecule has 2 aliphatic rings. The largest absolute Gasteiger partial charge is 0.484 e. The molecular formula is C23H25N3O4. The van der Waals surface area contributed by atoms with E-state index in [1.807, 2.05) is 48.5 Å². The molecule has 0 spiro atoms. The van der Waals surface area contributed by atoms with Crippen LogP contribution in [0.2, 0.25) is 0 Å². The SMILES string of the molecule is O=C(COc1ccccc1)N1CCC2C(=O)N(Cc3ccccc3)CC(=O)N2CC1. The molecular weight excluding hydrogens is 382 g/mol. The molecule has 0 bridgehead atoms. The number of piperazine rings is 1. The summed E-state index contributed by atoms with van der Waals surface area (Å²) in [5.41, 5.74) is 0.996. The van der Waals surface area contributed by atoms with Crippen molar-refractivity contribution in [2.24, 2.45) is 0 Å². The summed E-state index contributed by atoms with van der Waals surface area (Å²) in [6.07, 6.45) is 0.437. The second kappa shape index (κ2) is 8.98. The summed E-state index contributed by atoms with van der Waals surface area (Å²) in [6.45, 7) is 1.64. The minimum Gasteiger partial charge on any atom is -0.484 e. The zero-order valence-corrected chi connectivity index (χ0v) is 16.8. The van der Waals surface area contributed by atoms with Gasteiger partial charge in [-0.15, -0.1) is 0 Å². The molecule has 2 heterocycles. The summed E-state index contributed by atoms with van der Waals surface area (Å²) in [4.78, 5) is 43.3. The Bertz CT molecular complexity index is 903. The van der Waals surface area contributed by atoms with E-state index in [4.69, 9.17) is 4.74 Å². The maximum absolute atomic E-state index is 13.1. The van der Waals surface area contributed by atoms with Gasteiger partial charge in [-0.1, -0.05) is 48.5 Å². The normalized spacial score (nSPS) is 19.3. The highest BCUT2D eigenvalue weighted by molar-refractivity contribution is 5.95. The summed E-state index contributed by atoms with van der Waals surface area (Å²) in [7, 11) is 0. The summed E-state index contributed by atoms with van der Waals surface area (Å²) in [6, 6.07) is 18.3. The fourth-order valence-corrected chi connectivity index (χ4v) is 3.97. The number of hydrogen-bond acceptors (Lipinski definition) is 4. The summed E-state index contributed by atoms with van der Waals surface area (Å²) in [5.74, 6) is 0.387. The van der Waals surface area contributed by atoms with E-state index in [-0.39, 0.29) is 30.9 Å². The number of para-hydroxylation sites is 1. The van der Waals surface area contributed by atoms with Crippen LogP contribution in [0.3, 0.4) is 0 Å². The standard InChI is InChI=1S/C23H25N3O4/c27-21-16-25(15-18-7-3-1-4-8-18)23(29)20-11-12-24(13-14-26(20)21)22(28)17-30-19-9-5-2-6-10-19/h1-10,20H,11-17H2. The Balaban J connectivity index is 1.37. The van der Waals surface area contributed by atoms with Crippen molar-refractivity contribution in [3.8, 4) is 5.75 Å². The van der Waals surface area contributed by atoms with Gasteiger partial charge in [-0.05, 0) is 24.1 Å². The molecule has 7 heteroatoms. The first kappa shape index (κ1) is 19.9. The number of amides is 3. The van der Waals surface area contributed by atoms with E-state index in [2.05, 4.69) is 0 Å². The molecule has 2 aromatic rings. The lowest BCUT2D eigenvalue weighted by molar-refractivity contribution is -0.156. The highest BCUT2D eigenvalue weighted by atomic mass is 16.5. The van der Waals surface area contributed by atoms with Crippen molar-refractivity contribution in [1.29, 1.82) is 0 Å². The molecule has 0 saturated carbocycles. The Labute approximate surface area is 175 Å². The van der Waals surface area contributed by atoms with E-state index in [0.29, 0.717) is 38.3 Å². The molecule has 0 aromatic heterocycles. The number of ether oxygens (including phenoxy) is 1. The van der Waals surface area contributed by atoms with E-state index >= 15 is 0 Å². The molecule has 30 heavy (non-hydrogen) atoms. The highest BCUT2D eigenvalue weighted by Gasteiger charge is 2.41. The Hall–Kier alpha value is -3.35. The van der Waals surface area contributed by atoms with Crippen molar-refractivity contribution >= 4 is 17.7 Å². The van der Waals surface area contributed by atoms with Crippen LogP contribution in [0.5, 0.6) is 5.75 Å². The molecule has 2 saturated heterocycles. The summed E-state index contributed by atoms with van der Waals surface area (Å²) in [5, 5.41) is 0. The lowest BCUT2D eigenvalue weighted by Gasteiger charge is -2.39. The maximum Gasteiger partial charge on any atom is 0.260 e. The maximum atomic E-state index is 13.1. The van der Waals surface area contributed by atoms with Gasteiger partial charge in [-0.3, -0.25) is 14.4 Å². The van der Waals surface area contributed by atoms with Gasteiger partial charge in [0.05, 0.1) is 0 Å². The van der Waals surface area contributed by atoms with E-state index < -0.39 is 6.04 Å². The van der Waals surface area contributed by atoms with Crippen LogP contribution < -0.4 is 4.74 Å². The predicted molar refractivity (Wildman–Crippen MR) is 110 cm³/mol. The minimum atomic E-state index is -0.511. The highest BCUT2D eigenvalue weighted by Crippen LogP contribution is 2.21. The van der Waals surface area contributed by atoms with Gasteiger partial charge in [-0.2, -0.15) is 0 Å². The number of benzene rings is 2. The molecule has 1 unspecified atom stereocenters. The van der Waals surface area contributed by atoms with Crippen molar-refractivity contribution in [3.63, 3.8) is 0 Å². The van der Waals surface area contributed by atoms with E-state index in [1.54, 1.807) is 26.8 Å². The van der Waals surface area contributed by atoms with Crippen LogP contribution in [0.1, 0.15) is 12.0 Å². The fraction of sp³-hybridized carbons (Fsp3) is 0.348. The van der Waals surface area contributed by atoms with Crippen LogP contribution in [0, 0.1) is 0 Å². The van der Waals surface area contributed by atoms with Gasteiger partial charge in [0.1, 0.15) is 18.3 Å². The molecule has 2 fully saturated rings. The van der Waals surface area contributed by atoms with Crippen molar-refractivity contribution in [3.05, 3.63) is 66.2 Å². The number of hydrogen-bond donors (Lipinski definition) is 0. The third kappa shape index (κ3) is 4.45. The smallest absolute Gasteiger partial charge is 0.260 e. The number of fused-ring (bicyclic) bond motifs is 1. The van der Waals surface area contributed by atoms with Crippen molar-refractivity contribution < 1.29 is 19.1 Å². The number of nitrogens with zero attached hydrogens (tertiary/aromatic N) is 3. The zero-order valence-electron chi connectivity index (χ0n) is 16.8. The molecule has 7 nitrogen and oxygen atoms in total. The van der Waals surface area contributed by atoms with Crippen LogP contribution in [-0.4, -0.2) is 71.2 Å². The van der Waals surface area contributed by atoms with Crippen LogP contribution >= 0.6 is 0 Å². The van der Waals surface area contributed by atoms with Gasteiger partial charge in [0.25, 0.3) is 5.91 Å². The first-order valence-electron chi connectivity index (χ1n) is 10.2. The van der Waals surface area contributed by atoms with Gasteiger partial charge in [-0.25, -0.2) is 0 Å².